The Morgan fingerprint density at radius 1 is 1.55 bits per heavy atom. The summed E-state index contributed by atoms with van der Waals surface area (Å²) in [6.07, 6.45) is 2.85. The number of aromatic nitrogens is 2. The summed E-state index contributed by atoms with van der Waals surface area (Å²) in [6.45, 7) is 4.19. The first-order chi connectivity index (χ1) is 9.67. The highest BCUT2D eigenvalue weighted by atomic mass is 35.5. The van der Waals surface area contributed by atoms with E-state index in [0.29, 0.717) is 18.2 Å². The molecule has 1 fully saturated rings. The fourth-order valence-electron chi connectivity index (χ4n) is 2.54. The number of carbonyl (C=O) groups excluding carboxylic acids is 1. The Bertz CT molecular complexity index is 628. The Labute approximate surface area is 146 Å². The molecule has 1 aliphatic heterocycles. The lowest BCUT2D eigenvalue weighted by Crippen LogP contribution is -2.30. The van der Waals surface area contributed by atoms with Gasteiger partial charge in [0.25, 0.3) is 5.91 Å². The molecule has 1 saturated heterocycles. The number of rotatable bonds is 3. The van der Waals surface area contributed by atoms with E-state index in [2.05, 4.69) is 9.97 Å². The van der Waals surface area contributed by atoms with Crippen LogP contribution >= 0.6 is 36.2 Å². The molecule has 0 aromatic carbocycles. The minimum Gasteiger partial charge on any atom is -0.357 e. The highest BCUT2D eigenvalue weighted by Gasteiger charge is 2.26. The summed E-state index contributed by atoms with van der Waals surface area (Å²) in [5, 5.41) is 3.03. The number of hydrogen-bond donors (Lipinski definition) is 2. The smallest absolute Gasteiger partial charge is 0.270 e. The summed E-state index contributed by atoms with van der Waals surface area (Å²) < 4.78 is 0. The molecule has 1 atom stereocenters. The second-order valence-electron chi connectivity index (χ2n) is 5.20. The minimum absolute atomic E-state index is 0. The average molecular weight is 363 g/mol. The number of thiazole rings is 1. The van der Waals surface area contributed by atoms with Gasteiger partial charge in [0.05, 0.1) is 10.7 Å². The standard InChI is InChI=1S/C14H18N4OS.2ClH/c1-9-17-13(8-20-9)11-4-12(16-6-11)14(19)18-3-2-10(5-15)7-18;;/h4,6,8,10,16H,2-3,5,7,15H2,1H3;2*1H. The van der Waals surface area contributed by atoms with Crippen molar-refractivity contribution in [3.8, 4) is 11.3 Å². The van der Waals surface area contributed by atoms with Gasteiger partial charge in [0.15, 0.2) is 0 Å². The van der Waals surface area contributed by atoms with Crippen LogP contribution in [0.1, 0.15) is 21.9 Å². The van der Waals surface area contributed by atoms with Crippen LogP contribution in [0.3, 0.4) is 0 Å². The lowest BCUT2D eigenvalue weighted by atomic mass is 10.1. The van der Waals surface area contributed by atoms with E-state index in [1.54, 1.807) is 11.3 Å². The molecule has 0 radical (unpaired) electrons. The zero-order chi connectivity index (χ0) is 14.1. The molecule has 3 rings (SSSR count). The van der Waals surface area contributed by atoms with Crippen LogP contribution in [0.25, 0.3) is 11.3 Å². The third-order valence-corrected chi connectivity index (χ3v) is 4.51. The van der Waals surface area contributed by atoms with E-state index in [0.717, 1.165) is 35.8 Å². The fraction of sp³-hybridized carbons (Fsp3) is 0.429. The number of nitrogens with two attached hydrogens (primary N) is 1. The number of aromatic amines is 1. The molecule has 3 N–H and O–H groups in total. The maximum absolute atomic E-state index is 12.4. The number of nitrogens with zero attached hydrogens (tertiary/aromatic N) is 2. The third kappa shape index (κ3) is 3.81. The number of hydrogen-bond acceptors (Lipinski definition) is 4. The van der Waals surface area contributed by atoms with Gasteiger partial charge < -0.3 is 15.6 Å². The molecule has 8 heteroatoms. The lowest BCUT2D eigenvalue weighted by Gasteiger charge is -2.14. The van der Waals surface area contributed by atoms with Gasteiger partial charge in [-0.3, -0.25) is 4.79 Å². The second kappa shape index (κ2) is 7.97. The van der Waals surface area contributed by atoms with Crippen molar-refractivity contribution in [1.29, 1.82) is 0 Å². The Morgan fingerprint density at radius 3 is 2.91 bits per heavy atom. The lowest BCUT2D eigenvalue weighted by molar-refractivity contribution is 0.0782. The van der Waals surface area contributed by atoms with Crippen LogP contribution in [0.15, 0.2) is 17.6 Å². The normalized spacial score (nSPS) is 17.0. The summed E-state index contributed by atoms with van der Waals surface area (Å²) >= 11 is 1.61. The molecule has 2 aromatic heterocycles. The molecule has 22 heavy (non-hydrogen) atoms. The van der Waals surface area contributed by atoms with Crippen LogP contribution in [0.2, 0.25) is 0 Å². The van der Waals surface area contributed by atoms with E-state index >= 15 is 0 Å². The maximum Gasteiger partial charge on any atom is 0.270 e. The van der Waals surface area contributed by atoms with Gasteiger partial charge in [0.2, 0.25) is 0 Å². The third-order valence-electron chi connectivity index (χ3n) is 3.73. The molecule has 1 aliphatic rings. The number of H-pyrrole nitrogens is 1. The van der Waals surface area contributed by atoms with Gasteiger partial charge in [-0.15, -0.1) is 36.2 Å². The molecule has 0 bridgehead atoms. The molecule has 2 aromatic rings. The van der Waals surface area contributed by atoms with Crippen molar-refractivity contribution in [2.45, 2.75) is 13.3 Å². The SMILES string of the molecule is Cc1nc(-c2c[nH]c(C(=O)N3CCC(CN)C3)c2)cs1.Cl.Cl. The quantitative estimate of drug-likeness (QED) is 0.881. The van der Waals surface area contributed by atoms with Crippen LogP contribution in [0.4, 0.5) is 0 Å². The Kier molecular flexibility index (Phi) is 6.87. The van der Waals surface area contributed by atoms with Gasteiger partial charge >= 0.3 is 0 Å². The molecule has 122 valence electrons. The molecule has 0 spiro atoms. The van der Waals surface area contributed by atoms with Crippen LogP contribution in [-0.4, -0.2) is 40.4 Å². The van der Waals surface area contributed by atoms with Gasteiger partial charge in [0, 0.05) is 30.2 Å². The molecule has 0 saturated carbocycles. The zero-order valence-corrected chi connectivity index (χ0v) is 14.7. The van der Waals surface area contributed by atoms with Crippen LogP contribution in [0, 0.1) is 12.8 Å². The summed E-state index contributed by atoms with van der Waals surface area (Å²) in [4.78, 5) is 21.8. The monoisotopic (exact) mass is 362 g/mol. The fourth-order valence-corrected chi connectivity index (χ4v) is 3.16. The molecule has 0 aliphatic carbocycles. The van der Waals surface area contributed by atoms with Crippen LogP contribution < -0.4 is 5.73 Å². The van der Waals surface area contributed by atoms with E-state index in [1.165, 1.54) is 0 Å². The van der Waals surface area contributed by atoms with Crippen molar-refractivity contribution in [2.75, 3.05) is 19.6 Å². The zero-order valence-electron chi connectivity index (χ0n) is 12.2. The molecular weight excluding hydrogens is 343 g/mol. The van der Waals surface area contributed by atoms with Crippen molar-refractivity contribution in [3.63, 3.8) is 0 Å². The van der Waals surface area contributed by atoms with Gasteiger partial charge in [-0.1, -0.05) is 0 Å². The minimum atomic E-state index is 0. The highest BCUT2D eigenvalue weighted by Crippen LogP contribution is 2.24. The summed E-state index contributed by atoms with van der Waals surface area (Å²) in [5.41, 5.74) is 8.18. The number of carbonyl (C=O) groups is 1. The van der Waals surface area contributed by atoms with Crippen LogP contribution in [-0.2, 0) is 0 Å². The first-order valence-electron chi connectivity index (χ1n) is 6.77. The van der Waals surface area contributed by atoms with E-state index < -0.39 is 0 Å². The van der Waals surface area contributed by atoms with Crippen molar-refractivity contribution >= 4 is 42.1 Å². The predicted octanol–water partition coefficient (Wildman–Crippen LogP) is 2.71. The summed E-state index contributed by atoms with van der Waals surface area (Å²) in [5.74, 6) is 0.494. The van der Waals surface area contributed by atoms with Gasteiger partial charge in [-0.25, -0.2) is 4.98 Å². The van der Waals surface area contributed by atoms with Crippen molar-refractivity contribution < 1.29 is 4.79 Å². The second-order valence-corrected chi connectivity index (χ2v) is 6.26. The number of amides is 1. The van der Waals surface area contributed by atoms with Crippen molar-refractivity contribution in [1.82, 2.24) is 14.9 Å². The van der Waals surface area contributed by atoms with Crippen LogP contribution in [0.5, 0.6) is 0 Å². The number of halogens is 2. The molecule has 3 heterocycles. The van der Waals surface area contributed by atoms with E-state index in [4.69, 9.17) is 5.73 Å². The summed E-state index contributed by atoms with van der Waals surface area (Å²) in [6, 6.07) is 1.88. The number of nitrogens with one attached hydrogen (secondary N) is 1. The van der Waals surface area contributed by atoms with Crippen molar-refractivity contribution in [2.24, 2.45) is 11.7 Å². The molecule has 5 nitrogen and oxygen atoms in total. The molecule has 1 unspecified atom stereocenters. The Hall–Kier alpha value is -1.08. The number of aryl methyl sites for hydroxylation is 1. The maximum atomic E-state index is 12.4. The Morgan fingerprint density at radius 2 is 2.32 bits per heavy atom. The number of likely N-dealkylation sites (tertiary alicyclic amines) is 1. The first kappa shape index (κ1) is 19.0. The van der Waals surface area contributed by atoms with E-state index in [1.807, 2.05) is 29.5 Å². The van der Waals surface area contributed by atoms with Gasteiger partial charge in [-0.05, 0) is 31.9 Å². The van der Waals surface area contributed by atoms with Gasteiger partial charge in [-0.2, -0.15) is 0 Å². The van der Waals surface area contributed by atoms with E-state index in [9.17, 15) is 4.79 Å². The predicted molar refractivity (Wildman–Crippen MR) is 94.2 cm³/mol. The summed E-state index contributed by atoms with van der Waals surface area (Å²) in [7, 11) is 0. The topological polar surface area (TPSA) is 75.0 Å². The van der Waals surface area contributed by atoms with Gasteiger partial charge in [0.1, 0.15) is 5.69 Å². The largest absolute Gasteiger partial charge is 0.357 e. The molecular formula is C14H20Cl2N4OS. The Balaban J connectivity index is 0.00000121. The highest BCUT2D eigenvalue weighted by molar-refractivity contribution is 7.09. The van der Waals surface area contributed by atoms with Crippen molar-refractivity contribution in [3.05, 3.63) is 28.3 Å². The average Bonchev–Trinajstić information content (AvgIpc) is 3.17. The van der Waals surface area contributed by atoms with E-state index in [-0.39, 0.29) is 30.7 Å². The molecule has 1 amide bonds. The first-order valence-corrected chi connectivity index (χ1v) is 7.65.